The molecule has 0 radical (unpaired) electrons. The number of phosphoric acid groups is 1. The predicted octanol–water partition coefficient (Wildman–Crippen LogP) is 16.7. The first-order chi connectivity index (χ1) is 32.9. The zero-order valence-corrected chi connectivity index (χ0v) is 46.0. The van der Waals surface area contributed by atoms with Gasteiger partial charge >= 0.3 is 13.8 Å². The van der Waals surface area contributed by atoms with Crippen LogP contribution in [0.5, 0.6) is 0 Å². The number of ether oxygens (including phenoxy) is 1. The van der Waals surface area contributed by atoms with E-state index in [4.69, 9.17) is 13.8 Å². The molecule has 0 aromatic carbocycles. The number of esters is 1. The zero-order chi connectivity index (χ0) is 50.1. The Labute approximate surface area is 420 Å². The van der Waals surface area contributed by atoms with Gasteiger partial charge in [-0.2, -0.15) is 0 Å². The lowest BCUT2D eigenvalue weighted by molar-refractivity contribution is -0.870. The van der Waals surface area contributed by atoms with Crippen molar-refractivity contribution >= 4 is 19.7 Å². The lowest BCUT2D eigenvalue weighted by Crippen LogP contribution is -2.47. The van der Waals surface area contributed by atoms with Crippen molar-refractivity contribution in [1.82, 2.24) is 5.32 Å². The fraction of sp³-hybridized carbons (Fsp3) is 0.793. The summed E-state index contributed by atoms with van der Waals surface area (Å²) in [6.07, 6.45) is 59.2. The van der Waals surface area contributed by atoms with Crippen molar-refractivity contribution in [3.63, 3.8) is 0 Å². The van der Waals surface area contributed by atoms with Gasteiger partial charge in [-0.25, -0.2) is 4.57 Å². The number of phosphoric ester groups is 1. The Kier molecular flexibility index (Phi) is 46.7. The smallest absolute Gasteiger partial charge is 0.456 e. The molecule has 3 atom stereocenters. The number of nitrogens with zero attached hydrogens (tertiary/aromatic N) is 1. The van der Waals surface area contributed by atoms with E-state index in [-0.39, 0.29) is 31.5 Å². The van der Waals surface area contributed by atoms with Crippen molar-refractivity contribution in [1.29, 1.82) is 0 Å². The molecular weight excluding hydrogens is 868 g/mol. The van der Waals surface area contributed by atoms with E-state index in [1.54, 1.807) is 0 Å². The van der Waals surface area contributed by atoms with Gasteiger partial charge in [-0.1, -0.05) is 223 Å². The number of hydrogen-bond donors (Lipinski definition) is 2. The first-order valence-electron chi connectivity index (χ1n) is 28.1. The Morgan fingerprint density at radius 1 is 0.529 bits per heavy atom. The van der Waals surface area contributed by atoms with E-state index in [0.717, 1.165) is 83.5 Å². The van der Waals surface area contributed by atoms with Crippen LogP contribution in [-0.4, -0.2) is 74.3 Å². The number of hydrogen-bond acceptors (Lipinski definition) is 6. The van der Waals surface area contributed by atoms with Gasteiger partial charge in [-0.15, -0.1) is 0 Å². The molecule has 0 aromatic heterocycles. The number of carbonyl (C=O) groups is 2. The van der Waals surface area contributed by atoms with Crippen molar-refractivity contribution in [2.45, 2.75) is 258 Å². The largest absolute Gasteiger partial charge is 0.472 e. The molecule has 0 aromatic rings. The Bertz CT molecular complexity index is 1350. The molecule has 0 fully saturated rings. The predicted molar refractivity (Wildman–Crippen MR) is 291 cm³/mol. The van der Waals surface area contributed by atoms with Crippen molar-refractivity contribution in [3.8, 4) is 0 Å². The van der Waals surface area contributed by atoms with Gasteiger partial charge in [0, 0.05) is 12.8 Å². The van der Waals surface area contributed by atoms with Gasteiger partial charge in [0.2, 0.25) is 5.91 Å². The fourth-order valence-corrected chi connectivity index (χ4v) is 8.61. The maximum Gasteiger partial charge on any atom is 0.472 e. The lowest BCUT2D eigenvalue weighted by Gasteiger charge is -2.27. The summed E-state index contributed by atoms with van der Waals surface area (Å²) in [4.78, 5) is 37.5. The van der Waals surface area contributed by atoms with Crippen LogP contribution in [0.2, 0.25) is 0 Å². The highest BCUT2D eigenvalue weighted by Gasteiger charge is 2.30. The number of allylic oxidation sites excluding steroid dienone is 9. The summed E-state index contributed by atoms with van der Waals surface area (Å²) in [5.74, 6) is -0.538. The maximum atomic E-state index is 13.5. The molecule has 2 N–H and O–H groups in total. The number of rotatable bonds is 50. The van der Waals surface area contributed by atoms with Crippen LogP contribution in [0.4, 0.5) is 0 Å². The van der Waals surface area contributed by atoms with Crippen LogP contribution in [0.25, 0.3) is 0 Å². The second-order valence-electron chi connectivity index (χ2n) is 20.1. The molecule has 0 rings (SSSR count). The van der Waals surface area contributed by atoms with Crippen LogP contribution in [0.3, 0.4) is 0 Å². The summed E-state index contributed by atoms with van der Waals surface area (Å²) < 4.78 is 30.6. The van der Waals surface area contributed by atoms with Crippen molar-refractivity contribution in [3.05, 3.63) is 60.8 Å². The highest BCUT2D eigenvalue weighted by Crippen LogP contribution is 2.43. The van der Waals surface area contributed by atoms with Crippen molar-refractivity contribution < 1.29 is 37.3 Å². The zero-order valence-electron chi connectivity index (χ0n) is 45.1. The molecule has 0 heterocycles. The molecule has 0 spiro atoms. The van der Waals surface area contributed by atoms with Gasteiger partial charge in [0.25, 0.3) is 0 Å². The van der Waals surface area contributed by atoms with Crippen molar-refractivity contribution in [2.24, 2.45) is 0 Å². The van der Waals surface area contributed by atoms with E-state index in [9.17, 15) is 19.0 Å². The maximum absolute atomic E-state index is 13.5. The first-order valence-corrected chi connectivity index (χ1v) is 29.6. The molecule has 3 unspecified atom stereocenters. The standard InChI is InChI=1S/C58H107N2O7P/c1-7-10-13-16-19-22-25-28-29-30-33-35-38-41-44-47-50-57(61)59-55(54-66-68(63,64)65-53-52-60(4,5)6)56(49-46-43-40-37-34-31-26-23-20-17-14-11-8-2)67-58(62)51-48-45-42-39-36-32-27-24-21-18-15-12-9-3/h10,13,19,22,28-29,33,35,46,49,55-56H,7-9,11-12,14-18,20-21,23-27,30-32,34,36-45,47-48,50-54H2,1-6H3,(H-,59,61,63,64)/p+1/b13-10+,22-19+,29-28+,35-33+,49-46+. The van der Waals surface area contributed by atoms with Gasteiger partial charge < -0.3 is 19.4 Å². The third-order valence-electron chi connectivity index (χ3n) is 12.2. The van der Waals surface area contributed by atoms with E-state index in [2.05, 4.69) is 74.7 Å². The average Bonchev–Trinajstić information content (AvgIpc) is 3.29. The van der Waals surface area contributed by atoms with Crippen molar-refractivity contribution in [2.75, 3.05) is 40.9 Å². The molecule has 9 nitrogen and oxygen atoms in total. The summed E-state index contributed by atoms with van der Waals surface area (Å²) in [6.45, 7) is 6.87. The average molecular weight is 976 g/mol. The summed E-state index contributed by atoms with van der Waals surface area (Å²) in [5.41, 5.74) is 0. The van der Waals surface area contributed by atoms with Gasteiger partial charge in [0.1, 0.15) is 19.3 Å². The van der Waals surface area contributed by atoms with E-state index in [0.29, 0.717) is 23.9 Å². The van der Waals surface area contributed by atoms with Gasteiger partial charge in [-0.3, -0.25) is 18.6 Å². The van der Waals surface area contributed by atoms with E-state index >= 15 is 0 Å². The summed E-state index contributed by atoms with van der Waals surface area (Å²) in [6, 6.07) is -0.862. The summed E-state index contributed by atoms with van der Waals surface area (Å²) in [7, 11) is 1.47. The second-order valence-corrected chi connectivity index (χ2v) is 21.5. The monoisotopic (exact) mass is 976 g/mol. The van der Waals surface area contributed by atoms with Crippen LogP contribution in [0, 0.1) is 0 Å². The lowest BCUT2D eigenvalue weighted by atomic mass is 10.0. The minimum absolute atomic E-state index is 0.0334. The van der Waals surface area contributed by atoms with E-state index in [1.807, 2.05) is 33.3 Å². The van der Waals surface area contributed by atoms with Crippen LogP contribution in [0.1, 0.15) is 245 Å². The SMILES string of the molecule is CC/C=C/C/C=C/C/C=C/C/C=C/CCCCCC(=O)NC(COP(=O)(O)OCC[N+](C)(C)C)C(/C=C/CCCCCCCCCCCCC)OC(=O)CCCCCCCCCCCCCCC. The Balaban J connectivity index is 5.44. The molecular formula is C58H108N2O7P+. The first kappa shape index (κ1) is 65.7. The molecule has 1 amide bonds. The molecule has 0 saturated heterocycles. The minimum atomic E-state index is -4.45. The van der Waals surface area contributed by atoms with E-state index in [1.165, 1.54) is 122 Å². The highest BCUT2D eigenvalue weighted by molar-refractivity contribution is 7.47. The molecule has 10 heteroatoms. The third kappa shape index (κ3) is 48.7. The van der Waals surface area contributed by atoms with Gasteiger partial charge in [-0.05, 0) is 70.3 Å². The normalized spacial score (nSPS) is 14.3. The Morgan fingerprint density at radius 2 is 0.941 bits per heavy atom. The fourth-order valence-electron chi connectivity index (χ4n) is 7.87. The molecule has 0 aliphatic heterocycles. The number of carbonyl (C=O) groups excluding carboxylic acids is 2. The van der Waals surface area contributed by atoms with Crippen LogP contribution in [0.15, 0.2) is 60.8 Å². The van der Waals surface area contributed by atoms with Gasteiger partial charge in [0.15, 0.2) is 0 Å². The molecule has 0 aliphatic rings. The summed E-state index contributed by atoms with van der Waals surface area (Å²) >= 11 is 0. The van der Waals surface area contributed by atoms with Gasteiger partial charge in [0.05, 0.1) is 33.8 Å². The molecule has 396 valence electrons. The van der Waals surface area contributed by atoms with Crippen LogP contribution >= 0.6 is 7.82 Å². The Hall–Kier alpha value is -2.29. The molecule has 0 aliphatic carbocycles. The number of nitrogens with one attached hydrogen (secondary N) is 1. The van der Waals surface area contributed by atoms with E-state index < -0.39 is 20.0 Å². The molecule has 0 saturated carbocycles. The molecule has 0 bridgehead atoms. The number of quaternary nitrogens is 1. The number of unbranched alkanes of at least 4 members (excludes halogenated alkanes) is 26. The van der Waals surface area contributed by atoms with Crippen LogP contribution in [-0.2, 0) is 27.9 Å². The van der Waals surface area contributed by atoms with Crippen LogP contribution < -0.4 is 5.32 Å². The Morgan fingerprint density at radius 3 is 1.43 bits per heavy atom. The molecule has 68 heavy (non-hydrogen) atoms. The summed E-state index contributed by atoms with van der Waals surface area (Å²) in [5, 5.41) is 3.03. The number of amides is 1. The third-order valence-corrected chi connectivity index (χ3v) is 13.2. The number of likely N-dealkylation sites (N-methyl/N-ethyl adjacent to an activating group) is 1. The minimum Gasteiger partial charge on any atom is -0.456 e. The highest BCUT2D eigenvalue weighted by atomic mass is 31.2. The quantitative estimate of drug-likeness (QED) is 0.0205. The topological polar surface area (TPSA) is 111 Å². The second kappa shape index (κ2) is 48.3.